The van der Waals surface area contributed by atoms with Gasteiger partial charge in [-0.1, -0.05) is 0 Å². The third kappa shape index (κ3) is 2.37. The topological polar surface area (TPSA) is 95.1 Å². The van der Waals surface area contributed by atoms with Gasteiger partial charge in [0.1, 0.15) is 4.88 Å². The summed E-state index contributed by atoms with van der Waals surface area (Å²) in [7, 11) is 0. The zero-order valence-corrected chi connectivity index (χ0v) is 11.5. The summed E-state index contributed by atoms with van der Waals surface area (Å²) in [4.78, 5) is 23.4. The molecule has 6 nitrogen and oxygen atoms in total. The molecule has 19 heavy (non-hydrogen) atoms. The Morgan fingerprint density at radius 2 is 2.05 bits per heavy atom. The van der Waals surface area contributed by atoms with Gasteiger partial charge in [-0.2, -0.15) is 5.10 Å². The molecule has 1 amide bonds. The van der Waals surface area contributed by atoms with Crippen LogP contribution in [0.3, 0.4) is 0 Å². The minimum absolute atomic E-state index is 0.129. The maximum atomic E-state index is 12.2. The maximum Gasteiger partial charge on any atom is 0.348 e. The lowest BCUT2D eigenvalue weighted by atomic mass is 10.1. The van der Waals surface area contributed by atoms with Gasteiger partial charge in [0.2, 0.25) is 0 Å². The average Bonchev–Trinajstić information content (AvgIpc) is 2.84. The molecule has 0 aliphatic rings. The molecular weight excluding hydrogens is 266 g/mol. The summed E-state index contributed by atoms with van der Waals surface area (Å²) < 4.78 is 0. The van der Waals surface area contributed by atoms with E-state index in [0.29, 0.717) is 22.6 Å². The molecule has 0 aliphatic heterocycles. The molecule has 2 heterocycles. The van der Waals surface area contributed by atoms with E-state index >= 15 is 0 Å². The molecular formula is C12H13N3O3S. The van der Waals surface area contributed by atoms with Crippen molar-refractivity contribution in [1.29, 1.82) is 0 Å². The molecule has 0 atom stereocenters. The summed E-state index contributed by atoms with van der Waals surface area (Å²) >= 11 is 1.09. The van der Waals surface area contributed by atoms with Crippen LogP contribution in [0.5, 0.6) is 0 Å². The molecule has 2 aromatic heterocycles. The molecule has 2 rings (SSSR count). The number of nitrogens with one attached hydrogen (secondary N) is 2. The molecule has 0 saturated heterocycles. The van der Waals surface area contributed by atoms with E-state index < -0.39 is 5.97 Å². The second-order valence-corrected chi connectivity index (χ2v) is 5.07. The highest BCUT2D eigenvalue weighted by atomic mass is 32.1. The van der Waals surface area contributed by atoms with Gasteiger partial charge in [0.05, 0.1) is 16.9 Å². The zero-order valence-electron chi connectivity index (χ0n) is 10.7. The number of aromatic carboxylic acids is 1. The molecule has 0 unspecified atom stereocenters. The summed E-state index contributed by atoms with van der Waals surface area (Å²) in [5, 5.41) is 20.1. The van der Waals surface area contributed by atoms with Crippen LogP contribution in [0.25, 0.3) is 0 Å². The van der Waals surface area contributed by atoms with Crippen LogP contribution >= 0.6 is 11.3 Å². The van der Waals surface area contributed by atoms with Crippen LogP contribution in [0, 0.1) is 20.8 Å². The van der Waals surface area contributed by atoms with E-state index in [1.54, 1.807) is 26.2 Å². The van der Waals surface area contributed by atoms with Crippen molar-refractivity contribution in [3.05, 3.63) is 32.8 Å². The van der Waals surface area contributed by atoms with Gasteiger partial charge in [0.15, 0.2) is 0 Å². The molecule has 3 N–H and O–H groups in total. The number of carboxylic acids is 1. The van der Waals surface area contributed by atoms with E-state index in [4.69, 9.17) is 5.11 Å². The Bertz CT molecular complexity index is 638. The minimum Gasteiger partial charge on any atom is -0.477 e. The summed E-state index contributed by atoms with van der Waals surface area (Å²) in [5.74, 6) is -1.40. The number of hydrogen-bond donors (Lipinski definition) is 3. The highest BCUT2D eigenvalue weighted by Gasteiger charge is 2.21. The number of carboxylic acid groups (broad SMARTS) is 1. The normalized spacial score (nSPS) is 10.5. The molecule has 0 bridgehead atoms. The van der Waals surface area contributed by atoms with Crippen molar-refractivity contribution in [2.24, 2.45) is 0 Å². The molecule has 0 saturated carbocycles. The van der Waals surface area contributed by atoms with E-state index in [2.05, 4.69) is 15.5 Å². The van der Waals surface area contributed by atoms with Crippen molar-refractivity contribution in [3.8, 4) is 0 Å². The Morgan fingerprint density at radius 3 is 2.58 bits per heavy atom. The third-order valence-electron chi connectivity index (χ3n) is 2.76. The van der Waals surface area contributed by atoms with Crippen molar-refractivity contribution in [2.45, 2.75) is 20.8 Å². The number of amides is 1. The molecule has 7 heteroatoms. The Balaban J connectivity index is 2.35. The predicted molar refractivity (Wildman–Crippen MR) is 72.0 cm³/mol. The van der Waals surface area contributed by atoms with Crippen molar-refractivity contribution >= 4 is 28.9 Å². The van der Waals surface area contributed by atoms with E-state index in [0.717, 1.165) is 16.9 Å². The first kappa shape index (κ1) is 13.3. The van der Waals surface area contributed by atoms with Crippen LogP contribution in [-0.4, -0.2) is 27.2 Å². The van der Waals surface area contributed by atoms with Gasteiger partial charge in [-0.15, -0.1) is 11.3 Å². The van der Waals surface area contributed by atoms with Crippen molar-refractivity contribution in [3.63, 3.8) is 0 Å². The standard InChI is InChI=1S/C12H13N3O3S/c1-5-4-19-10(12(17)18)9(5)13-11(16)8-6(2)14-15-7(8)3/h4H,1-3H3,(H,13,16)(H,14,15)(H,17,18). The summed E-state index contributed by atoms with van der Waals surface area (Å²) in [6.45, 7) is 5.22. The summed E-state index contributed by atoms with van der Waals surface area (Å²) in [6, 6.07) is 0. The first-order valence-corrected chi connectivity index (χ1v) is 6.44. The zero-order chi connectivity index (χ0) is 14.2. The molecule has 2 aromatic rings. The summed E-state index contributed by atoms with van der Waals surface area (Å²) in [6.07, 6.45) is 0. The number of aryl methyl sites for hydroxylation is 3. The highest BCUT2D eigenvalue weighted by molar-refractivity contribution is 7.12. The van der Waals surface area contributed by atoms with Gasteiger partial charge in [0, 0.05) is 5.69 Å². The molecule has 0 aromatic carbocycles. The fourth-order valence-corrected chi connectivity index (χ4v) is 2.66. The van der Waals surface area contributed by atoms with Gasteiger partial charge >= 0.3 is 5.97 Å². The molecule has 0 spiro atoms. The number of H-pyrrole nitrogens is 1. The summed E-state index contributed by atoms with van der Waals surface area (Å²) in [5.41, 5.74) is 2.76. The number of aromatic nitrogens is 2. The van der Waals surface area contributed by atoms with Gasteiger partial charge < -0.3 is 10.4 Å². The SMILES string of the molecule is Cc1csc(C(=O)O)c1NC(=O)c1c(C)n[nH]c1C. The quantitative estimate of drug-likeness (QED) is 0.803. The number of hydrogen-bond acceptors (Lipinski definition) is 4. The van der Waals surface area contributed by atoms with Gasteiger partial charge in [0.25, 0.3) is 5.91 Å². The first-order chi connectivity index (χ1) is 8.91. The first-order valence-electron chi connectivity index (χ1n) is 5.56. The Hall–Kier alpha value is -2.15. The van der Waals surface area contributed by atoms with Crippen molar-refractivity contribution < 1.29 is 14.7 Å². The number of thiophene rings is 1. The number of carbonyl (C=O) groups is 2. The van der Waals surface area contributed by atoms with Gasteiger partial charge in [-0.3, -0.25) is 9.89 Å². The van der Waals surface area contributed by atoms with E-state index in [9.17, 15) is 9.59 Å². The Kier molecular flexibility index (Phi) is 3.39. The molecule has 100 valence electrons. The van der Waals surface area contributed by atoms with Crippen LogP contribution in [0.15, 0.2) is 5.38 Å². The highest BCUT2D eigenvalue weighted by Crippen LogP contribution is 2.28. The lowest BCUT2D eigenvalue weighted by molar-refractivity contribution is 0.0703. The average molecular weight is 279 g/mol. The van der Waals surface area contributed by atoms with Crippen molar-refractivity contribution in [1.82, 2.24) is 10.2 Å². The molecule has 0 fully saturated rings. The Labute approximate surface area is 113 Å². The van der Waals surface area contributed by atoms with Gasteiger partial charge in [-0.25, -0.2) is 4.79 Å². The van der Waals surface area contributed by atoms with Gasteiger partial charge in [-0.05, 0) is 31.7 Å². The van der Waals surface area contributed by atoms with Crippen LogP contribution in [0.1, 0.15) is 37.0 Å². The maximum absolute atomic E-state index is 12.2. The molecule has 0 radical (unpaired) electrons. The second kappa shape index (κ2) is 4.85. The van der Waals surface area contributed by atoms with Crippen LogP contribution in [0.4, 0.5) is 5.69 Å². The number of aromatic amines is 1. The van der Waals surface area contributed by atoms with Crippen LogP contribution < -0.4 is 5.32 Å². The second-order valence-electron chi connectivity index (χ2n) is 4.19. The van der Waals surface area contributed by atoms with E-state index in [1.165, 1.54) is 0 Å². The number of rotatable bonds is 3. The fraction of sp³-hybridized carbons (Fsp3) is 0.250. The predicted octanol–water partition coefficient (Wildman–Crippen LogP) is 2.35. The number of nitrogens with zero attached hydrogens (tertiary/aromatic N) is 1. The Morgan fingerprint density at radius 1 is 1.37 bits per heavy atom. The van der Waals surface area contributed by atoms with E-state index in [-0.39, 0.29) is 10.8 Å². The van der Waals surface area contributed by atoms with Crippen molar-refractivity contribution in [2.75, 3.05) is 5.32 Å². The smallest absolute Gasteiger partial charge is 0.348 e. The van der Waals surface area contributed by atoms with Crippen LogP contribution in [0.2, 0.25) is 0 Å². The third-order valence-corrected chi connectivity index (χ3v) is 3.85. The lowest BCUT2D eigenvalue weighted by Crippen LogP contribution is -2.15. The fourth-order valence-electron chi connectivity index (χ4n) is 1.82. The minimum atomic E-state index is -1.05. The lowest BCUT2D eigenvalue weighted by Gasteiger charge is -2.06. The van der Waals surface area contributed by atoms with E-state index in [1.807, 2.05) is 0 Å². The number of carbonyl (C=O) groups excluding carboxylic acids is 1. The largest absolute Gasteiger partial charge is 0.477 e. The van der Waals surface area contributed by atoms with Crippen LogP contribution in [-0.2, 0) is 0 Å². The monoisotopic (exact) mass is 279 g/mol. The number of anilines is 1. The molecule has 0 aliphatic carbocycles.